The van der Waals surface area contributed by atoms with E-state index >= 15 is 0 Å². The molecule has 3 rings (SSSR count). The molecule has 7 heteroatoms. The molecule has 0 bridgehead atoms. The summed E-state index contributed by atoms with van der Waals surface area (Å²) < 4.78 is 45.6. The first kappa shape index (κ1) is 20.8. The van der Waals surface area contributed by atoms with Gasteiger partial charge in [-0.3, -0.25) is 0 Å². The second-order valence-electron chi connectivity index (χ2n) is 6.06. The van der Waals surface area contributed by atoms with Crippen molar-refractivity contribution in [3.05, 3.63) is 84.9 Å². The van der Waals surface area contributed by atoms with E-state index in [9.17, 15) is 18.0 Å². The van der Waals surface area contributed by atoms with E-state index in [0.29, 0.717) is 5.75 Å². The van der Waals surface area contributed by atoms with Crippen LogP contribution in [-0.4, -0.2) is 25.4 Å². The normalized spacial score (nSPS) is 11.6. The minimum absolute atomic E-state index is 0.383. The van der Waals surface area contributed by atoms with Crippen LogP contribution in [0.25, 0.3) is 0 Å². The van der Waals surface area contributed by atoms with Crippen molar-refractivity contribution in [1.82, 2.24) is 0 Å². The quantitative estimate of drug-likeness (QED) is 0.396. The third-order valence-corrected chi connectivity index (χ3v) is 6.32. The van der Waals surface area contributed by atoms with E-state index in [1.165, 1.54) is 9.79 Å². The molecule has 0 saturated heterocycles. The lowest BCUT2D eigenvalue weighted by molar-refractivity contribution is -0.187. The largest absolute Gasteiger partial charge is 0.482 e. The Morgan fingerprint density at radius 3 is 1.72 bits per heavy atom. The highest BCUT2D eigenvalue weighted by Crippen LogP contribution is 2.51. The number of alkyl halides is 3. The Bertz CT molecular complexity index is 874. The molecule has 3 nitrogen and oxygen atoms in total. The molecule has 0 aromatic heterocycles. The molecule has 0 N–H and O–H groups in total. The third-order valence-electron chi connectivity index (χ3n) is 3.88. The Morgan fingerprint density at radius 2 is 1.24 bits per heavy atom. The lowest BCUT2D eigenvalue weighted by atomic mass is 10.3. The zero-order chi connectivity index (χ0) is 20.7. The van der Waals surface area contributed by atoms with Crippen molar-refractivity contribution in [2.45, 2.75) is 20.9 Å². The van der Waals surface area contributed by atoms with Crippen molar-refractivity contribution in [1.29, 1.82) is 0 Å². The van der Waals surface area contributed by atoms with Crippen LogP contribution in [0.3, 0.4) is 0 Å². The summed E-state index contributed by atoms with van der Waals surface area (Å²) in [6.45, 7) is -2.20. The van der Waals surface area contributed by atoms with Gasteiger partial charge < -0.3 is 9.47 Å². The number of benzene rings is 3. The van der Waals surface area contributed by atoms with Crippen molar-refractivity contribution in [2.24, 2.45) is 0 Å². The summed E-state index contributed by atoms with van der Waals surface area (Å²) in [5.41, 5.74) is 0. The second-order valence-corrected chi connectivity index (χ2v) is 8.28. The van der Waals surface area contributed by atoms with Crippen molar-refractivity contribution < 1.29 is 27.4 Å². The number of thiol groups is 1. The molecule has 0 aliphatic carbocycles. The highest BCUT2D eigenvalue weighted by Gasteiger charge is 2.29. The fraction of sp³-hybridized carbons (Fsp3) is 0.136. The molecule has 0 amide bonds. The maximum atomic E-state index is 12.1. The summed E-state index contributed by atoms with van der Waals surface area (Å²) in [4.78, 5) is 14.8. The molecule has 3 aromatic carbocycles. The SMILES string of the molecule is O=C(COc1ccc([SH](c2ccccc2)c2ccccc2)cc1)OCC(F)(F)F. The minimum Gasteiger partial charge on any atom is -0.482 e. The van der Waals surface area contributed by atoms with Crippen LogP contribution in [0.15, 0.2) is 99.6 Å². The Balaban J connectivity index is 1.71. The number of hydrogen-bond donors (Lipinski definition) is 1. The summed E-state index contributed by atoms with van der Waals surface area (Å²) in [5.74, 6) is -0.684. The van der Waals surface area contributed by atoms with Gasteiger partial charge in [-0.15, -0.1) is 0 Å². The van der Waals surface area contributed by atoms with Gasteiger partial charge in [0.25, 0.3) is 0 Å². The van der Waals surface area contributed by atoms with Gasteiger partial charge >= 0.3 is 12.1 Å². The van der Waals surface area contributed by atoms with Crippen LogP contribution in [-0.2, 0) is 9.53 Å². The molecule has 152 valence electrons. The minimum atomic E-state index is -4.55. The van der Waals surface area contributed by atoms with E-state index in [1.807, 2.05) is 48.5 Å². The summed E-state index contributed by atoms with van der Waals surface area (Å²) >= 11 is 0. The molecule has 0 heterocycles. The van der Waals surface area contributed by atoms with Crippen LogP contribution < -0.4 is 4.74 Å². The number of rotatable bonds is 7. The summed E-state index contributed by atoms with van der Waals surface area (Å²) in [7, 11) is -0.771. The van der Waals surface area contributed by atoms with E-state index in [4.69, 9.17) is 4.74 Å². The Kier molecular flexibility index (Phi) is 6.82. The average Bonchev–Trinajstić information content (AvgIpc) is 2.73. The van der Waals surface area contributed by atoms with Crippen LogP contribution in [0.5, 0.6) is 5.75 Å². The van der Waals surface area contributed by atoms with Crippen molar-refractivity contribution in [3.8, 4) is 5.75 Å². The Hall–Kier alpha value is -2.93. The summed E-state index contributed by atoms with van der Waals surface area (Å²) in [6, 6.07) is 27.5. The molecule has 0 atom stereocenters. The monoisotopic (exact) mass is 420 g/mol. The molecular formula is C22H19F3O3S. The Morgan fingerprint density at radius 1 is 0.759 bits per heavy atom. The first-order valence-electron chi connectivity index (χ1n) is 8.78. The van der Waals surface area contributed by atoms with Crippen LogP contribution in [0.2, 0.25) is 0 Å². The molecule has 29 heavy (non-hydrogen) atoms. The van der Waals surface area contributed by atoms with Crippen LogP contribution in [0, 0.1) is 0 Å². The smallest absolute Gasteiger partial charge is 0.422 e. The molecule has 3 aromatic rings. The van der Waals surface area contributed by atoms with Gasteiger partial charge in [-0.05, 0) is 63.2 Å². The van der Waals surface area contributed by atoms with E-state index in [0.717, 1.165) is 4.90 Å². The van der Waals surface area contributed by atoms with Gasteiger partial charge in [0, 0.05) is 0 Å². The molecule has 0 aliphatic heterocycles. The van der Waals surface area contributed by atoms with Gasteiger partial charge in [-0.1, -0.05) is 36.4 Å². The predicted molar refractivity (Wildman–Crippen MR) is 106 cm³/mol. The highest BCUT2D eigenvalue weighted by molar-refractivity contribution is 8.17. The maximum Gasteiger partial charge on any atom is 0.422 e. The topological polar surface area (TPSA) is 35.5 Å². The predicted octanol–water partition coefficient (Wildman–Crippen LogP) is 5.65. The molecule has 0 aliphatic rings. The standard InChI is InChI=1S/C22H19F3O3S/c23-22(24,25)16-28-21(26)15-27-17-11-13-20(14-12-17)29(18-7-3-1-4-8-18)19-9-5-2-6-10-19/h1-14,29H,15-16H2. The lowest BCUT2D eigenvalue weighted by Gasteiger charge is -2.23. The van der Waals surface area contributed by atoms with Gasteiger partial charge in [0.2, 0.25) is 0 Å². The van der Waals surface area contributed by atoms with E-state index < -0.39 is 36.3 Å². The number of ether oxygens (including phenoxy) is 2. The van der Waals surface area contributed by atoms with Crippen molar-refractivity contribution >= 4 is 16.9 Å². The molecule has 0 unspecified atom stereocenters. The second kappa shape index (κ2) is 9.52. The molecule has 0 spiro atoms. The van der Waals surface area contributed by atoms with Crippen LogP contribution in [0.4, 0.5) is 13.2 Å². The van der Waals surface area contributed by atoms with Crippen molar-refractivity contribution in [2.75, 3.05) is 13.2 Å². The fourth-order valence-electron chi connectivity index (χ4n) is 2.64. The number of carbonyl (C=O) groups excluding carboxylic acids is 1. The van der Waals surface area contributed by atoms with Crippen LogP contribution in [0.1, 0.15) is 0 Å². The average molecular weight is 420 g/mol. The first-order chi connectivity index (χ1) is 13.9. The molecular weight excluding hydrogens is 401 g/mol. The summed E-state index contributed by atoms with van der Waals surface area (Å²) in [5, 5.41) is 0. The number of carbonyl (C=O) groups is 1. The van der Waals surface area contributed by atoms with E-state index in [-0.39, 0.29) is 0 Å². The van der Waals surface area contributed by atoms with Gasteiger partial charge in [0.05, 0.1) is 0 Å². The van der Waals surface area contributed by atoms with Gasteiger partial charge in [0.15, 0.2) is 13.2 Å². The fourth-order valence-corrected chi connectivity index (χ4v) is 4.92. The Labute approximate surface area is 169 Å². The maximum absolute atomic E-state index is 12.1. The van der Waals surface area contributed by atoms with Crippen LogP contribution >= 0.6 is 10.9 Å². The van der Waals surface area contributed by atoms with Crippen molar-refractivity contribution in [3.63, 3.8) is 0 Å². The van der Waals surface area contributed by atoms with E-state index in [2.05, 4.69) is 29.0 Å². The first-order valence-corrected chi connectivity index (χ1v) is 10.1. The summed E-state index contributed by atoms with van der Waals surface area (Å²) in [6.07, 6.45) is -4.55. The highest BCUT2D eigenvalue weighted by atomic mass is 32.2. The van der Waals surface area contributed by atoms with E-state index in [1.54, 1.807) is 12.1 Å². The number of esters is 1. The lowest BCUT2D eigenvalue weighted by Crippen LogP contribution is -2.23. The molecule has 0 fully saturated rings. The molecule has 0 radical (unpaired) electrons. The zero-order valence-electron chi connectivity index (χ0n) is 15.3. The van der Waals surface area contributed by atoms with Gasteiger partial charge in [0.1, 0.15) is 5.75 Å². The third kappa shape index (κ3) is 6.29. The number of halogens is 3. The molecule has 0 saturated carbocycles. The zero-order valence-corrected chi connectivity index (χ0v) is 16.2. The van der Waals surface area contributed by atoms with Gasteiger partial charge in [-0.25, -0.2) is 4.79 Å². The number of hydrogen-bond acceptors (Lipinski definition) is 3. The van der Waals surface area contributed by atoms with Gasteiger partial charge in [-0.2, -0.15) is 24.1 Å².